The number of alkyl halides is 3. The fourth-order valence-corrected chi connectivity index (χ4v) is 3.98. The van der Waals surface area contributed by atoms with Gasteiger partial charge in [-0.2, -0.15) is 10.4 Å². The predicted octanol–water partition coefficient (Wildman–Crippen LogP) is 4.18. The summed E-state index contributed by atoms with van der Waals surface area (Å²) in [5.74, 6) is -1.07. The third kappa shape index (κ3) is 5.23. The molecule has 2 N–H and O–H groups in total. The average molecular weight is 459 g/mol. The zero-order valence-electron chi connectivity index (χ0n) is 17.3. The van der Waals surface area contributed by atoms with Crippen molar-refractivity contribution in [1.29, 1.82) is 5.26 Å². The summed E-state index contributed by atoms with van der Waals surface area (Å²) in [6, 6.07) is 5.72. The molecule has 0 atom stereocenters. The van der Waals surface area contributed by atoms with Crippen molar-refractivity contribution in [2.24, 2.45) is 5.92 Å². The van der Waals surface area contributed by atoms with E-state index in [1.807, 2.05) is 6.07 Å². The van der Waals surface area contributed by atoms with Gasteiger partial charge in [0, 0.05) is 36.7 Å². The van der Waals surface area contributed by atoms with Crippen LogP contribution in [0.3, 0.4) is 0 Å². The first-order chi connectivity index (χ1) is 15.8. The number of aliphatic hydroxyl groups excluding tert-OH is 1. The summed E-state index contributed by atoms with van der Waals surface area (Å²) in [5, 5.41) is 25.7. The molecule has 0 unspecified atom stereocenters. The molecule has 0 spiro atoms. The first kappa shape index (κ1) is 22.5. The van der Waals surface area contributed by atoms with Crippen molar-refractivity contribution in [1.82, 2.24) is 14.8 Å². The smallest absolute Gasteiger partial charge is 0.403 e. The molecular weight excluding hydrogens is 439 g/mol. The van der Waals surface area contributed by atoms with Crippen LogP contribution in [0.25, 0.3) is 10.9 Å². The van der Waals surface area contributed by atoms with Crippen molar-refractivity contribution in [3.05, 3.63) is 47.9 Å². The van der Waals surface area contributed by atoms with Gasteiger partial charge < -0.3 is 15.2 Å². The van der Waals surface area contributed by atoms with E-state index in [2.05, 4.69) is 20.1 Å². The highest BCUT2D eigenvalue weighted by Crippen LogP contribution is 2.37. The summed E-state index contributed by atoms with van der Waals surface area (Å²) in [4.78, 5) is 16.4. The number of amides is 1. The molecule has 1 amide bonds. The summed E-state index contributed by atoms with van der Waals surface area (Å²) >= 11 is 0. The molecule has 172 valence electrons. The highest BCUT2D eigenvalue weighted by molar-refractivity contribution is 6.06. The zero-order chi connectivity index (χ0) is 23.6. The van der Waals surface area contributed by atoms with Crippen molar-refractivity contribution in [3.8, 4) is 11.8 Å². The van der Waals surface area contributed by atoms with Crippen LogP contribution >= 0.6 is 0 Å². The van der Waals surface area contributed by atoms with E-state index in [0.29, 0.717) is 10.9 Å². The van der Waals surface area contributed by atoms with Gasteiger partial charge in [0.15, 0.2) is 5.75 Å². The summed E-state index contributed by atoms with van der Waals surface area (Å²) in [6.45, 7) is 0.141. The summed E-state index contributed by atoms with van der Waals surface area (Å²) in [6.07, 6.45) is 2.52. The molecule has 11 heteroatoms. The number of fused-ring (bicyclic) bond motifs is 1. The monoisotopic (exact) mass is 459 g/mol. The fourth-order valence-electron chi connectivity index (χ4n) is 3.98. The Hall–Kier alpha value is -3.65. The Kier molecular flexibility index (Phi) is 6.20. The highest BCUT2D eigenvalue weighted by Gasteiger charge is 2.33. The highest BCUT2D eigenvalue weighted by atomic mass is 19.4. The number of nitrogens with one attached hydrogen (secondary N) is 1. The van der Waals surface area contributed by atoms with Gasteiger partial charge in [-0.05, 0) is 43.7 Å². The van der Waals surface area contributed by atoms with Crippen LogP contribution in [-0.2, 0) is 0 Å². The van der Waals surface area contributed by atoms with Crippen molar-refractivity contribution in [2.75, 3.05) is 11.9 Å². The van der Waals surface area contributed by atoms with Crippen LogP contribution in [0.5, 0.6) is 5.75 Å². The number of anilines is 1. The lowest BCUT2D eigenvalue weighted by Crippen LogP contribution is -2.20. The lowest BCUT2D eigenvalue weighted by Gasteiger charge is -2.27. The molecule has 0 saturated heterocycles. The van der Waals surface area contributed by atoms with E-state index in [4.69, 9.17) is 5.26 Å². The average Bonchev–Trinajstić information content (AvgIpc) is 3.21. The maximum atomic E-state index is 13.0. The topological polar surface area (TPSA) is 113 Å². The molecule has 1 aliphatic carbocycles. The number of nitriles is 1. The number of nitrogens with zero attached hydrogens (tertiary/aromatic N) is 4. The van der Waals surface area contributed by atoms with E-state index in [-0.39, 0.29) is 35.4 Å². The van der Waals surface area contributed by atoms with Gasteiger partial charge in [0.2, 0.25) is 0 Å². The van der Waals surface area contributed by atoms with Gasteiger partial charge in [0.1, 0.15) is 6.07 Å². The number of halogens is 3. The van der Waals surface area contributed by atoms with E-state index >= 15 is 0 Å². The van der Waals surface area contributed by atoms with Crippen LogP contribution in [0.1, 0.15) is 47.6 Å². The third-order valence-electron chi connectivity index (χ3n) is 5.68. The number of hydrogen-bond donors (Lipinski definition) is 2. The second-order valence-electron chi connectivity index (χ2n) is 7.95. The molecule has 2 aromatic heterocycles. The van der Waals surface area contributed by atoms with Gasteiger partial charge in [-0.15, -0.1) is 13.2 Å². The van der Waals surface area contributed by atoms with Gasteiger partial charge in [0.25, 0.3) is 5.91 Å². The maximum Gasteiger partial charge on any atom is 0.573 e. The summed E-state index contributed by atoms with van der Waals surface area (Å²) in [7, 11) is 0. The first-order valence-corrected chi connectivity index (χ1v) is 10.3. The van der Waals surface area contributed by atoms with Gasteiger partial charge in [-0.1, -0.05) is 0 Å². The number of aliphatic hydroxyl groups is 1. The normalized spacial score (nSPS) is 18.6. The molecule has 8 nitrogen and oxygen atoms in total. The molecule has 4 rings (SSSR count). The molecule has 0 radical (unpaired) electrons. The molecule has 33 heavy (non-hydrogen) atoms. The van der Waals surface area contributed by atoms with Crippen LogP contribution in [0, 0.1) is 17.2 Å². The number of benzene rings is 1. The molecular formula is C22H20F3N5O3. The van der Waals surface area contributed by atoms with Crippen molar-refractivity contribution < 1.29 is 27.8 Å². The lowest BCUT2D eigenvalue weighted by atomic mass is 9.87. The van der Waals surface area contributed by atoms with E-state index in [1.54, 1.807) is 10.9 Å². The standard InChI is InChI=1S/C22H20F3N5O3/c23-22(24,25)33-20-7-18-16(11-30(29-18)17-3-1-13(12-31)2-4-17)6-19(20)28-21(32)15-5-14(8-26)9-27-10-15/h5-7,9-11,13,17,31H,1-4,12H2,(H,28,32)/t13-,17-. The molecule has 1 aromatic carbocycles. The van der Waals surface area contributed by atoms with Crippen LogP contribution in [0.4, 0.5) is 18.9 Å². The Labute approximate surface area is 186 Å². The second-order valence-corrected chi connectivity index (χ2v) is 7.95. The number of rotatable bonds is 5. The number of carbonyl (C=O) groups excluding carboxylic acids is 1. The van der Waals surface area contributed by atoms with Crippen molar-refractivity contribution >= 4 is 22.5 Å². The quantitative estimate of drug-likeness (QED) is 0.592. The fraction of sp³-hybridized carbons (Fsp3) is 0.364. The Bertz CT molecular complexity index is 1210. The minimum atomic E-state index is -4.97. The minimum absolute atomic E-state index is 0.0171. The number of pyridine rings is 1. The minimum Gasteiger partial charge on any atom is -0.403 e. The van der Waals surface area contributed by atoms with Crippen LogP contribution in [-0.4, -0.2) is 38.7 Å². The number of carbonyl (C=O) groups is 1. The zero-order valence-corrected chi connectivity index (χ0v) is 17.3. The van der Waals surface area contributed by atoms with Gasteiger partial charge >= 0.3 is 6.36 Å². The van der Waals surface area contributed by atoms with Crippen molar-refractivity contribution in [3.63, 3.8) is 0 Å². The molecule has 0 bridgehead atoms. The van der Waals surface area contributed by atoms with E-state index in [1.165, 1.54) is 24.5 Å². The Morgan fingerprint density at radius 1 is 1.24 bits per heavy atom. The SMILES string of the molecule is N#Cc1cncc(C(=O)Nc2cc3cn([C@H]4CC[C@H](CO)CC4)nc3cc2OC(F)(F)F)c1. The van der Waals surface area contributed by atoms with Crippen LogP contribution in [0.15, 0.2) is 36.8 Å². The number of hydrogen-bond acceptors (Lipinski definition) is 6. The van der Waals surface area contributed by atoms with Crippen molar-refractivity contribution in [2.45, 2.75) is 38.1 Å². The Morgan fingerprint density at radius 3 is 2.67 bits per heavy atom. The van der Waals surface area contributed by atoms with Gasteiger partial charge in [-0.3, -0.25) is 14.5 Å². The summed E-state index contributed by atoms with van der Waals surface area (Å²) in [5.41, 5.74) is 0.269. The molecule has 3 aromatic rings. The third-order valence-corrected chi connectivity index (χ3v) is 5.68. The van der Waals surface area contributed by atoms with Crippen LogP contribution < -0.4 is 10.1 Å². The van der Waals surface area contributed by atoms with Gasteiger partial charge in [0.05, 0.1) is 28.4 Å². The van der Waals surface area contributed by atoms with E-state index < -0.39 is 18.0 Å². The maximum absolute atomic E-state index is 13.0. The first-order valence-electron chi connectivity index (χ1n) is 10.3. The van der Waals surface area contributed by atoms with E-state index in [9.17, 15) is 23.1 Å². The van der Waals surface area contributed by atoms with E-state index in [0.717, 1.165) is 31.7 Å². The number of aromatic nitrogens is 3. The molecule has 1 aliphatic rings. The molecule has 0 aliphatic heterocycles. The Morgan fingerprint density at radius 2 is 2.00 bits per heavy atom. The molecule has 2 heterocycles. The summed E-state index contributed by atoms with van der Waals surface area (Å²) < 4.78 is 44.9. The largest absolute Gasteiger partial charge is 0.573 e. The predicted molar refractivity (Wildman–Crippen MR) is 111 cm³/mol. The second kappa shape index (κ2) is 9.07. The molecule has 1 saturated carbocycles. The number of ether oxygens (including phenoxy) is 1. The van der Waals surface area contributed by atoms with Crippen LogP contribution in [0.2, 0.25) is 0 Å². The lowest BCUT2D eigenvalue weighted by molar-refractivity contribution is -0.274. The van der Waals surface area contributed by atoms with Gasteiger partial charge in [-0.25, -0.2) is 0 Å². The Balaban J connectivity index is 1.65. The molecule has 1 fully saturated rings.